The summed E-state index contributed by atoms with van der Waals surface area (Å²) in [5, 5.41) is 56.5. The second-order valence-electron chi connectivity index (χ2n) is 18.1. The summed E-state index contributed by atoms with van der Waals surface area (Å²) >= 11 is 0. The highest BCUT2D eigenvalue weighted by atomic mass is 16.5. The largest absolute Gasteiger partial charge is 0.494 e. The van der Waals surface area contributed by atoms with Crippen molar-refractivity contribution in [1.29, 1.82) is 0 Å². The summed E-state index contributed by atoms with van der Waals surface area (Å²) in [6.07, 6.45) is 0.844. The maximum absolute atomic E-state index is 14.2. The number of aliphatic carboxylic acids is 5. The fourth-order valence-corrected chi connectivity index (χ4v) is 8.56. The molecule has 3 amide bonds. The maximum atomic E-state index is 14.2. The van der Waals surface area contributed by atoms with Crippen LogP contribution < -0.4 is 35.7 Å². The summed E-state index contributed by atoms with van der Waals surface area (Å²) in [6, 6.07) is 10.9. The van der Waals surface area contributed by atoms with Gasteiger partial charge in [0.2, 0.25) is 5.91 Å². The van der Waals surface area contributed by atoms with Crippen molar-refractivity contribution in [2.45, 2.75) is 58.7 Å². The maximum Gasteiger partial charge on any atom is 0.320 e. The molecule has 0 spiro atoms. The lowest BCUT2D eigenvalue weighted by Gasteiger charge is -2.35. The van der Waals surface area contributed by atoms with Gasteiger partial charge in [-0.1, -0.05) is 30.3 Å². The second kappa shape index (κ2) is 33.7. The van der Waals surface area contributed by atoms with E-state index >= 15 is 0 Å². The quantitative estimate of drug-likeness (QED) is 0.0411. The summed E-state index contributed by atoms with van der Waals surface area (Å²) < 4.78 is 30.1. The Bertz CT molecular complexity index is 2480. The van der Waals surface area contributed by atoms with E-state index < -0.39 is 65.8 Å². The Balaban J connectivity index is 1.31. The highest BCUT2D eigenvalue weighted by Gasteiger charge is 2.29. The minimum absolute atomic E-state index is 0.0369. The van der Waals surface area contributed by atoms with E-state index in [1.54, 1.807) is 70.0 Å². The van der Waals surface area contributed by atoms with E-state index in [9.17, 15) is 63.9 Å². The second-order valence-corrected chi connectivity index (χ2v) is 18.1. The fourth-order valence-electron chi connectivity index (χ4n) is 8.56. The predicted octanol–water partition coefficient (Wildman–Crippen LogP) is 1.58. The minimum Gasteiger partial charge on any atom is -0.494 e. The van der Waals surface area contributed by atoms with Gasteiger partial charge in [-0.3, -0.25) is 53.2 Å². The Kier molecular flexibility index (Phi) is 27.3. The van der Waals surface area contributed by atoms with Crippen LogP contribution in [0.2, 0.25) is 0 Å². The van der Waals surface area contributed by atoms with Gasteiger partial charge in [-0.25, -0.2) is 4.79 Å². The van der Waals surface area contributed by atoms with Crippen molar-refractivity contribution in [3.05, 3.63) is 81.8 Å². The van der Waals surface area contributed by atoms with E-state index in [4.69, 9.17) is 23.7 Å². The number of aromatic nitrogens is 1. The molecule has 0 aliphatic carbocycles. The third kappa shape index (κ3) is 22.7. The molecule has 2 heterocycles. The van der Waals surface area contributed by atoms with Gasteiger partial charge in [0.1, 0.15) is 24.1 Å². The molecule has 1 unspecified atom stereocenters. The van der Waals surface area contributed by atoms with E-state index in [-0.39, 0.29) is 142 Å². The molecule has 1 saturated heterocycles. The number of nitrogens with zero attached hydrogens (tertiary/aromatic N) is 5. The van der Waals surface area contributed by atoms with Gasteiger partial charge in [0, 0.05) is 82.6 Å². The molecule has 78 heavy (non-hydrogen) atoms. The highest BCUT2D eigenvalue weighted by molar-refractivity contribution is 5.91. The summed E-state index contributed by atoms with van der Waals surface area (Å²) in [4.78, 5) is 106. The zero-order valence-electron chi connectivity index (χ0n) is 44.4. The van der Waals surface area contributed by atoms with Crippen LogP contribution in [-0.2, 0) is 44.8 Å². The average molecular weight is 1100 g/mol. The molecule has 3 aromatic rings. The molecule has 430 valence electrons. The van der Waals surface area contributed by atoms with Crippen LogP contribution in [0.3, 0.4) is 0 Å². The molecule has 0 bridgehead atoms. The molecule has 26 heteroatoms. The predicted molar refractivity (Wildman–Crippen MR) is 282 cm³/mol. The molecule has 26 nitrogen and oxygen atoms in total. The molecule has 1 aromatic heterocycles. The standard InChI is InChI=1S/C52H74N8O18/c1-4-76-39-11-8-10-37(29-39)40(30-44(62)63)54-52(73)55-48-49(36(3)31-60(50(48)70)32-38-9-6-7-12-42(38)77-5-2)78-28-27-75-26-25-74-24-15-53-43(61)14-13-41(51(71)72)59-22-20-57(34-46(66)67)18-16-56(33-45(64)65)17-19-58(21-23-59)35-47(68)69/h6-12,29,31,40-41H,4-5,13-28,30,32-35H2,1-3H3,(H,53,61)(H,62,63)(H,64,65)(H,66,67)(H,68,69)(H,71,72)(H2,54,55,73)/t40-,41?/m0/s1. The molecule has 2 aromatic carbocycles. The number of carbonyl (C=O) groups is 7. The molecule has 1 fully saturated rings. The molecule has 0 saturated carbocycles. The Hall–Kier alpha value is -7.36. The molecule has 8 N–H and O–H groups in total. The minimum atomic E-state index is -1.22. The Morgan fingerprint density at radius 2 is 1.24 bits per heavy atom. The van der Waals surface area contributed by atoms with Crippen LogP contribution in [0.5, 0.6) is 17.2 Å². The van der Waals surface area contributed by atoms with Crippen LogP contribution in [0.4, 0.5) is 10.5 Å². The van der Waals surface area contributed by atoms with Crippen molar-refractivity contribution in [1.82, 2.24) is 34.8 Å². The van der Waals surface area contributed by atoms with Crippen molar-refractivity contribution in [3.8, 4) is 17.2 Å². The number of amides is 3. The van der Waals surface area contributed by atoms with Crippen LogP contribution in [-0.4, -0.2) is 222 Å². The monoisotopic (exact) mass is 1100 g/mol. The van der Waals surface area contributed by atoms with Crippen LogP contribution in [0.15, 0.2) is 59.5 Å². The molecule has 1 aliphatic heterocycles. The Morgan fingerprint density at radius 1 is 0.667 bits per heavy atom. The van der Waals surface area contributed by atoms with Gasteiger partial charge < -0.3 is 69.7 Å². The number of carboxylic acids is 5. The molecular formula is C52H74N8O18. The number of hydrogen-bond acceptors (Lipinski definition) is 17. The number of carbonyl (C=O) groups excluding carboxylic acids is 2. The highest BCUT2D eigenvalue weighted by Crippen LogP contribution is 2.28. The first-order chi connectivity index (χ1) is 37.4. The number of ether oxygens (including phenoxy) is 5. The van der Waals surface area contributed by atoms with Gasteiger partial charge in [0.05, 0.1) is 78.3 Å². The molecule has 1 aliphatic rings. The molecule has 0 radical (unpaired) electrons. The summed E-state index contributed by atoms with van der Waals surface area (Å²) in [6.45, 7) is 6.61. The number of para-hydroxylation sites is 1. The lowest BCUT2D eigenvalue weighted by atomic mass is 10.0. The molecular weight excluding hydrogens is 1020 g/mol. The summed E-state index contributed by atoms with van der Waals surface area (Å²) in [5.74, 6) is -5.02. The summed E-state index contributed by atoms with van der Waals surface area (Å²) in [7, 11) is 0. The normalized spacial score (nSPS) is 14.9. The lowest BCUT2D eigenvalue weighted by molar-refractivity contribution is -0.145. The zero-order valence-corrected chi connectivity index (χ0v) is 44.4. The van der Waals surface area contributed by atoms with Crippen LogP contribution in [0.25, 0.3) is 0 Å². The lowest BCUT2D eigenvalue weighted by Crippen LogP contribution is -2.52. The van der Waals surface area contributed by atoms with Crippen molar-refractivity contribution < 1.29 is 82.8 Å². The van der Waals surface area contributed by atoms with E-state index in [2.05, 4.69) is 16.0 Å². The van der Waals surface area contributed by atoms with E-state index in [0.717, 1.165) is 0 Å². The average Bonchev–Trinajstić information content (AvgIpc) is 3.40. The Labute approximate surface area is 451 Å². The van der Waals surface area contributed by atoms with Crippen LogP contribution in [0, 0.1) is 6.92 Å². The van der Waals surface area contributed by atoms with E-state index in [1.807, 2.05) is 25.1 Å². The number of carboxylic acid groups (broad SMARTS) is 5. The molecule has 2 atom stereocenters. The molecule has 4 rings (SSSR count). The van der Waals surface area contributed by atoms with E-state index in [0.29, 0.717) is 41.4 Å². The van der Waals surface area contributed by atoms with Gasteiger partial charge in [-0.05, 0) is 51.0 Å². The zero-order chi connectivity index (χ0) is 57.0. The van der Waals surface area contributed by atoms with Crippen molar-refractivity contribution >= 4 is 47.5 Å². The van der Waals surface area contributed by atoms with Crippen LogP contribution >= 0.6 is 0 Å². The van der Waals surface area contributed by atoms with Gasteiger partial charge >= 0.3 is 35.9 Å². The summed E-state index contributed by atoms with van der Waals surface area (Å²) in [5.41, 5.74) is 0.866. The van der Waals surface area contributed by atoms with Crippen molar-refractivity contribution in [2.24, 2.45) is 0 Å². The van der Waals surface area contributed by atoms with Crippen molar-refractivity contribution in [2.75, 3.05) is 130 Å². The first kappa shape index (κ1) is 63.2. The van der Waals surface area contributed by atoms with E-state index in [1.165, 1.54) is 4.57 Å². The van der Waals surface area contributed by atoms with Gasteiger partial charge in [0.25, 0.3) is 5.56 Å². The van der Waals surface area contributed by atoms with Gasteiger partial charge in [-0.2, -0.15) is 0 Å². The van der Waals surface area contributed by atoms with Crippen LogP contribution in [0.1, 0.15) is 55.8 Å². The number of urea groups is 1. The first-order valence-corrected chi connectivity index (χ1v) is 25.7. The number of pyridine rings is 1. The third-order valence-corrected chi connectivity index (χ3v) is 12.3. The first-order valence-electron chi connectivity index (χ1n) is 25.7. The topological polar surface area (TPSA) is 338 Å². The Morgan fingerprint density at radius 3 is 1.82 bits per heavy atom. The van der Waals surface area contributed by atoms with Crippen molar-refractivity contribution in [3.63, 3.8) is 0 Å². The fraction of sp³-hybridized carbons (Fsp3) is 0.538. The van der Waals surface area contributed by atoms with Gasteiger partial charge in [0.15, 0.2) is 11.4 Å². The number of rotatable bonds is 32. The third-order valence-electron chi connectivity index (χ3n) is 12.3. The number of anilines is 1. The number of hydrogen-bond donors (Lipinski definition) is 8. The number of nitrogens with one attached hydrogen (secondary N) is 3. The SMILES string of the molecule is CCOc1cccc([C@H](CC(=O)O)NC(=O)Nc2c(OCCOCCOCCNC(=O)CCC(C(=O)O)N3CCN(CC(=O)O)CCN(CC(=O)O)CCN(CC(=O)O)CC3)c(C)cn(Cc3ccccc3OCC)c2=O)c1. The van der Waals surface area contributed by atoms with Gasteiger partial charge in [-0.15, -0.1) is 0 Å². The number of aryl methyl sites for hydroxylation is 1. The smallest absolute Gasteiger partial charge is 0.320 e. The number of benzene rings is 2.